The van der Waals surface area contributed by atoms with Crippen LogP contribution in [-0.4, -0.2) is 29.2 Å². The summed E-state index contributed by atoms with van der Waals surface area (Å²) in [5.74, 6) is 0.547. The van der Waals surface area contributed by atoms with Crippen LogP contribution in [0.4, 0.5) is 5.82 Å². The second kappa shape index (κ2) is 5.61. The highest BCUT2D eigenvalue weighted by molar-refractivity contribution is 5.92. The van der Waals surface area contributed by atoms with Crippen LogP contribution in [-0.2, 0) is 0 Å². The van der Waals surface area contributed by atoms with Crippen molar-refractivity contribution in [3.05, 3.63) is 17.8 Å². The highest BCUT2D eigenvalue weighted by Crippen LogP contribution is 2.17. The van der Waals surface area contributed by atoms with Gasteiger partial charge in [-0.25, -0.2) is 0 Å². The van der Waals surface area contributed by atoms with Crippen LogP contribution in [0.1, 0.15) is 42.6 Å². The minimum atomic E-state index is -0.118. The van der Waals surface area contributed by atoms with Crippen LogP contribution in [0.3, 0.4) is 0 Å². The lowest BCUT2D eigenvalue weighted by atomic mass is 9.95. The first-order valence-electron chi connectivity index (χ1n) is 6.12. The largest absolute Gasteiger partial charge is 0.372 e. The molecule has 0 spiro atoms. The van der Waals surface area contributed by atoms with Crippen molar-refractivity contribution in [2.75, 3.05) is 12.4 Å². The Balaban J connectivity index is 1.93. The van der Waals surface area contributed by atoms with E-state index in [1.165, 1.54) is 19.3 Å². The monoisotopic (exact) mass is 234 g/mol. The molecule has 0 atom stereocenters. The van der Waals surface area contributed by atoms with E-state index in [0.29, 0.717) is 17.6 Å². The average molecular weight is 234 g/mol. The van der Waals surface area contributed by atoms with Crippen molar-refractivity contribution in [2.24, 2.45) is 0 Å². The Kier molecular flexibility index (Phi) is 3.90. The van der Waals surface area contributed by atoms with E-state index >= 15 is 0 Å². The van der Waals surface area contributed by atoms with E-state index < -0.39 is 0 Å². The molecule has 2 rings (SSSR count). The zero-order valence-corrected chi connectivity index (χ0v) is 10.1. The maximum atomic E-state index is 11.9. The molecule has 1 aromatic heterocycles. The third-order valence-electron chi connectivity index (χ3n) is 3.09. The molecule has 1 saturated carbocycles. The third-order valence-corrected chi connectivity index (χ3v) is 3.09. The molecule has 0 saturated heterocycles. The van der Waals surface area contributed by atoms with Crippen LogP contribution in [0, 0.1) is 0 Å². The summed E-state index contributed by atoms with van der Waals surface area (Å²) in [6.07, 6.45) is 5.84. The van der Waals surface area contributed by atoms with Crippen molar-refractivity contribution < 1.29 is 4.79 Å². The van der Waals surface area contributed by atoms with Gasteiger partial charge in [0.1, 0.15) is 5.82 Å². The number of carbonyl (C=O) groups is 1. The summed E-state index contributed by atoms with van der Waals surface area (Å²) in [6, 6.07) is 3.75. The molecule has 0 unspecified atom stereocenters. The second-order valence-corrected chi connectivity index (χ2v) is 4.36. The van der Waals surface area contributed by atoms with Crippen molar-refractivity contribution in [3.8, 4) is 0 Å². The SMILES string of the molecule is CNc1ccc(C(=O)NC2CCCCC2)nn1. The number of hydrogen-bond donors (Lipinski definition) is 2. The van der Waals surface area contributed by atoms with Gasteiger partial charge in [-0.05, 0) is 25.0 Å². The predicted octanol–water partition coefficient (Wildman–Crippen LogP) is 1.58. The van der Waals surface area contributed by atoms with E-state index in [1.807, 2.05) is 0 Å². The Labute approximate surface area is 101 Å². The lowest BCUT2D eigenvalue weighted by Gasteiger charge is -2.22. The average Bonchev–Trinajstić information content (AvgIpc) is 2.40. The number of nitrogens with one attached hydrogen (secondary N) is 2. The van der Waals surface area contributed by atoms with Gasteiger partial charge in [-0.1, -0.05) is 19.3 Å². The topological polar surface area (TPSA) is 66.9 Å². The number of amides is 1. The summed E-state index contributed by atoms with van der Waals surface area (Å²) in [6.45, 7) is 0. The summed E-state index contributed by atoms with van der Waals surface area (Å²) in [7, 11) is 1.77. The third kappa shape index (κ3) is 3.15. The Morgan fingerprint density at radius 2 is 2.00 bits per heavy atom. The fourth-order valence-electron chi connectivity index (χ4n) is 2.09. The lowest BCUT2D eigenvalue weighted by molar-refractivity contribution is 0.0921. The summed E-state index contributed by atoms with van der Waals surface area (Å²) in [5.41, 5.74) is 0.384. The molecule has 0 aliphatic heterocycles. The molecule has 2 N–H and O–H groups in total. The standard InChI is InChI=1S/C12H18N4O/c1-13-11-8-7-10(15-16-11)12(17)14-9-5-3-2-4-6-9/h7-9H,2-6H2,1H3,(H,13,16)(H,14,17). The van der Waals surface area contributed by atoms with E-state index in [0.717, 1.165) is 12.8 Å². The molecule has 1 fully saturated rings. The van der Waals surface area contributed by atoms with E-state index in [4.69, 9.17) is 0 Å². The van der Waals surface area contributed by atoms with Crippen LogP contribution < -0.4 is 10.6 Å². The highest BCUT2D eigenvalue weighted by atomic mass is 16.2. The highest BCUT2D eigenvalue weighted by Gasteiger charge is 2.17. The molecular formula is C12H18N4O. The number of anilines is 1. The van der Waals surface area contributed by atoms with Crippen molar-refractivity contribution in [2.45, 2.75) is 38.1 Å². The van der Waals surface area contributed by atoms with Gasteiger partial charge in [0.05, 0.1) is 0 Å². The smallest absolute Gasteiger partial charge is 0.272 e. The van der Waals surface area contributed by atoms with Gasteiger partial charge < -0.3 is 10.6 Å². The fourth-order valence-corrected chi connectivity index (χ4v) is 2.09. The van der Waals surface area contributed by atoms with Gasteiger partial charge in [0.25, 0.3) is 5.91 Å². The van der Waals surface area contributed by atoms with Gasteiger partial charge >= 0.3 is 0 Å². The maximum Gasteiger partial charge on any atom is 0.272 e. The van der Waals surface area contributed by atoms with E-state index in [1.54, 1.807) is 19.2 Å². The maximum absolute atomic E-state index is 11.9. The number of carbonyl (C=O) groups excluding carboxylic acids is 1. The quantitative estimate of drug-likeness (QED) is 0.833. The predicted molar refractivity (Wildman–Crippen MR) is 65.9 cm³/mol. The fraction of sp³-hybridized carbons (Fsp3) is 0.583. The van der Waals surface area contributed by atoms with Crippen molar-refractivity contribution in [3.63, 3.8) is 0 Å². The van der Waals surface area contributed by atoms with Gasteiger partial charge in [-0.15, -0.1) is 10.2 Å². The minimum Gasteiger partial charge on any atom is -0.372 e. The van der Waals surface area contributed by atoms with Crippen LogP contribution in [0.15, 0.2) is 12.1 Å². The van der Waals surface area contributed by atoms with Crippen LogP contribution in [0.5, 0.6) is 0 Å². The first-order chi connectivity index (χ1) is 8.29. The molecule has 5 nitrogen and oxygen atoms in total. The Morgan fingerprint density at radius 3 is 2.59 bits per heavy atom. The molecule has 1 heterocycles. The molecule has 92 valence electrons. The van der Waals surface area contributed by atoms with Gasteiger partial charge in [-0.2, -0.15) is 0 Å². The van der Waals surface area contributed by atoms with Gasteiger partial charge in [-0.3, -0.25) is 4.79 Å². The van der Waals surface area contributed by atoms with Gasteiger partial charge in [0.2, 0.25) is 0 Å². The lowest BCUT2D eigenvalue weighted by Crippen LogP contribution is -2.36. The molecule has 1 amide bonds. The molecule has 0 radical (unpaired) electrons. The molecule has 0 bridgehead atoms. The van der Waals surface area contributed by atoms with Crippen molar-refractivity contribution >= 4 is 11.7 Å². The van der Waals surface area contributed by atoms with Crippen LogP contribution in [0.2, 0.25) is 0 Å². The summed E-state index contributed by atoms with van der Waals surface area (Å²) >= 11 is 0. The van der Waals surface area contributed by atoms with Crippen LogP contribution in [0.25, 0.3) is 0 Å². The van der Waals surface area contributed by atoms with Gasteiger partial charge in [0.15, 0.2) is 5.69 Å². The number of nitrogens with zero attached hydrogens (tertiary/aromatic N) is 2. The molecule has 1 aliphatic carbocycles. The van der Waals surface area contributed by atoms with Crippen LogP contribution >= 0.6 is 0 Å². The van der Waals surface area contributed by atoms with E-state index in [9.17, 15) is 4.79 Å². The molecular weight excluding hydrogens is 216 g/mol. The molecule has 1 aliphatic rings. The molecule has 0 aromatic carbocycles. The van der Waals surface area contributed by atoms with E-state index in [-0.39, 0.29) is 5.91 Å². The second-order valence-electron chi connectivity index (χ2n) is 4.36. The normalized spacial score (nSPS) is 16.5. The number of hydrogen-bond acceptors (Lipinski definition) is 4. The Morgan fingerprint density at radius 1 is 1.24 bits per heavy atom. The summed E-state index contributed by atoms with van der Waals surface area (Å²) in [4.78, 5) is 11.9. The minimum absolute atomic E-state index is 0.118. The first kappa shape index (κ1) is 11.8. The van der Waals surface area contributed by atoms with Crippen molar-refractivity contribution in [1.29, 1.82) is 0 Å². The Hall–Kier alpha value is -1.65. The Bertz CT molecular complexity index is 371. The zero-order valence-electron chi connectivity index (χ0n) is 10.1. The molecule has 1 aromatic rings. The van der Waals surface area contributed by atoms with Gasteiger partial charge in [0, 0.05) is 13.1 Å². The number of rotatable bonds is 3. The van der Waals surface area contributed by atoms with Crippen molar-refractivity contribution in [1.82, 2.24) is 15.5 Å². The van der Waals surface area contributed by atoms with E-state index in [2.05, 4.69) is 20.8 Å². The summed E-state index contributed by atoms with van der Waals surface area (Å²) < 4.78 is 0. The number of aromatic nitrogens is 2. The summed E-state index contributed by atoms with van der Waals surface area (Å²) in [5, 5.41) is 13.7. The molecule has 17 heavy (non-hydrogen) atoms. The first-order valence-corrected chi connectivity index (χ1v) is 6.12. The zero-order chi connectivity index (χ0) is 12.1. The molecule has 5 heteroatoms.